The molecule has 1 aromatic rings. The van der Waals surface area contributed by atoms with Crippen LogP contribution in [0.2, 0.25) is 0 Å². The fourth-order valence-corrected chi connectivity index (χ4v) is 1.35. The first-order valence-corrected chi connectivity index (χ1v) is 5.11. The zero-order valence-electron chi connectivity index (χ0n) is 9.16. The minimum Gasteiger partial charge on any atom is -0.335 e. The normalized spacial score (nSPS) is 10.9. The summed E-state index contributed by atoms with van der Waals surface area (Å²) in [7, 11) is 0. The summed E-state index contributed by atoms with van der Waals surface area (Å²) in [4.78, 5) is 15.5. The molecule has 0 N–H and O–H groups in total. The monoisotopic (exact) mass is 194 g/mol. The number of carbonyl (C=O) groups excluding carboxylic acids is 1. The molecule has 0 aliphatic heterocycles. The predicted octanol–water partition coefficient (Wildman–Crippen LogP) is 2.20. The summed E-state index contributed by atoms with van der Waals surface area (Å²) in [5.74, 6) is 1.53. The lowest BCUT2D eigenvalue weighted by molar-refractivity contribution is -0.122. The lowest BCUT2D eigenvalue weighted by Gasteiger charge is -2.05. The molecule has 0 amide bonds. The molecule has 0 bridgehead atoms. The van der Waals surface area contributed by atoms with Gasteiger partial charge in [0.1, 0.15) is 11.6 Å². The summed E-state index contributed by atoms with van der Waals surface area (Å²) in [6.07, 6.45) is 5.33. The number of nitrogens with zero attached hydrogens (tertiary/aromatic N) is 2. The first-order chi connectivity index (χ1) is 6.61. The van der Waals surface area contributed by atoms with Crippen molar-refractivity contribution < 1.29 is 4.79 Å². The highest BCUT2D eigenvalue weighted by Crippen LogP contribution is 2.04. The molecule has 0 fully saturated rings. The third-order valence-electron chi connectivity index (χ3n) is 2.39. The molecular formula is C11H18N2O. The zero-order valence-corrected chi connectivity index (χ0v) is 9.16. The molecular weight excluding hydrogens is 176 g/mol. The molecule has 0 saturated carbocycles. The molecule has 0 aromatic carbocycles. The fourth-order valence-electron chi connectivity index (χ4n) is 1.35. The topological polar surface area (TPSA) is 34.9 Å². The largest absolute Gasteiger partial charge is 0.335 e. The number of ketones is 1. The number of hydrogen-bond donors (Lipinski definition) is 0. The van der Waals surface area contributed by atoms with Gasteiger partial charge in [-0.25, -0.2) is 4.98 Å². The van der Waals surface area contributed by atoms with Crippen LogP contribution in [0.4, 0.5) is 0 Å². The molecule has 0 spiro atoms. The third kappa shape index (κ3) is 2.98. The third-order valence-corrected chi connectivity index (χ3v) is 2.39. The molecule has 0 atom stereocenters. The SMILES string of the molecule is Cc1nccn1CCCC(=O)C(C)C. The van der Waals surface area contributed by atoms with Gasteiger partial charge in [0, 0.05) is 31.3 Å². The van der Waals surface area contributed by atoms with Crippen molar-refractivity contribution in [1.82, 2.24) is 9.55 Å². The summed E-state index contributed by atoms with van der Waals surface area (Å²) in [6, 6.07) is 0. The smallest absolute Gasteiger partial charge is 0.135 e. The fraction of sp³-hybridized carbons (Fsp3) is 0.636. The second-order valence-corrected chi connectivity index (χ2v) is 3.89. The molecule has 3 nitrogen and oxygen atoms in total. The van der Waals surface area contributed by atoms with Crippen LogP contribution >= 0.6 is 0 Å². The average Bonchev–Trinajstić information content (AvgIpc) is 2.51. The minimum absolute atomic E-state index is 0.166. The van der Waals surface area contributed by atoms with Gasteiger partial charge in [-0.1, -0.05) is 13.8 Å². The predicted molar refractivity (Wildman–Crippen MR) is 56.0 cm³/mol. The van der Waals surface area contributed by atoms with Gasteiger partial charge in [-0.15, -0.1) is 0 Å². The Morgan fingerprint density at radius 1 is 1.57 bits per heavy atom. The molecule has 1 aromatic heterocycles. The Morgan fingerprint density at radius 2 is 2.29 bits per heavy atom. The highest BCUT2D eigenvalue weighted by molar-refractivity contribution is 5.80. The maximum atomic E-state index is 11.3. The van der Waals surface area contributed by atoms with Crippen LogP contribution in [0.15, 0.2) is 12.4 Å². The molecule has 0 unspecified atom stereocenters. The summed E-state index contributed by atoms with van der Waals surface area (Å²) < 4.78 is 2.08. The Bertz CT molecular complexity index is 302. The number of imidazole rings is 1. The maximum Gasteiger partial charge on any atom is 0.135 e. The number of aryl methyl sites for hydroxylation is 2. The molecule has 1 heterocycles. The van der Waals surface area contributed by atoms with E-state index in [9.17, 15) is 4.79 Å². The van der Waals surface area contributed by atoms with E-state index in [1.165, 1.54) is 0 Å². The molecule has 0 radical (unpaired) electrons. The highest BCUT2D eigenvalue weighted by Gasteiger charge is 2.06. The highest BCUT2D eigenvalue weighted by atomic mass is 16.1. The second kappa shape index (κ2) is 4.94. The molecule has 78 valence electrons. The van der Waals surface area contributed by atoms with Crippen LogP contribution in [0.1, 0.15) is 32.5 Å². The first-order valence-electron chi connectivity index (χ1n) is 5.11. The van der Waals surface area contributed by atoms with E-state index < -0.39 is 0 Å². The van der Waals surface area contributed by atoms with Crippen molar-refractivity contribution in [3.05, 3.63) is 18.2 Å². The van der Waals surface area contributed by atoms with Crippen LogP contribution in [-0.4, -0.2) is 15.3 Å². The van der Waals surface area contributed by atoms with E-state index in [-0.39, 0.29) is 5.92 Å². The van der Waals surface area contributed by atoms with Crippen molar-refractivity contribution in [2.75, 3.05) is 0 Å². The Kier molecular flexibility index (Phi) is 3.86. The number of hydrogen-bond acceptors (Lipinski definition) is 2. The Morgan fingerprint density at radius 3 is 2.79 bits per heavy atom. The van der Waals surface area contributed by atoms with E-state index in [1.807, 2.05) is 27.0 Å². The standard InChI is InChI=1S/C11H18N2O/c1-9(2)11(14)5-4-7-13-8-6-12-10(13)3/h6,8-9H,4-5,7H2,1-3H3. The summed E-state index contributed by atoms with van der Waals surface area (Å²) in [5.41, 5.74) is 0. The molecule has 0 saturated heterocycles. The van der Waals surface area contributed by atoms with Crippen molar-refractivity contribution >= 4 is 5.78 Å². The van der Waals surface area contributed by atoms with Crippen LogP contribution < -0.4 is 0 Å². The van der Waals surface area contributed by atoms with Crippen molar-refractivity contribution in [1.29, 1.82) is 0 Å². The van der Waals surface area contributed by atoms with Crippen LogP contribution in [0.25, 0.3) is 0 Å². The van der Waals surface area contributed by atoms with E-state index in [4.69, 9.17) is 0 Å². The number of rotatable bonds is 5. The van der Waals surface area contributed by atoms with Gasteiger partial charge in [0.05, 0.1) is 0 Å². The number of carbonyl (C=O) groups is 1. The Hall–Kier alpha value is -1.12. The summed E-state index contributed by atoms with van der Waals surface area (Å²) >= 11 is 0. The minimum atomic E-state index is 0.166. The molecule has 3 heteroatoms. The summed E-state index contributed by atoms with van der Waals surface area (Å²) in [5, 5.41) is 0. The van der Waals surface area contributed by atoms with Crippen molar-refractivity contribution in [3.63, 3.8) is 0 Å². The van der Waals surface area contributed by atoms with Gasteiger partial charge < -0.3 is 4.57 Å². The van der Waals surface area contributed by atoms with Gasteiger partial charge in [-0.05, 0) is 13.3 Å². The lowest BCUT2D eigenvalue weighted by Crippen LogP contribution is -2.08. The molecule has 1 rings (SSSR count). The zero-order chi connectivity index (χ0) is 10.6. The number of aromatic nitrogens is 2. The van der Waals surface area contributed by atoms with Crippen LogP contribution in [0.5, 0.6) is 0 Å². The van der Waals surface area contributed by atoms with Crippen LogP contribution in [0, 0.1) is 12.8 Å². The average molecular weight is 194 g/mol. The van der Waals surface area contributed by atoms with E-state index in [1.54, 1.807) is 6.20 Å². The van der Waals surface area contributed by atoms with Crippen LogP contribution in [-0.2, 0) is 11.3 Å². The number of Topliss-reactive ketones (excluding diaryl/α,β-unsaturated/α-hetero) is 1. The van der Waals surface area contributed by atoms with Gasteiger partial charge in [0.25, 0.3) is 0 Å². The van der Waals surface area contributed by atoms with Crippen LogP contribution in [0.3, 0.4) is 0 Å². The Labute approximate surface area is 85.2 Å². The van der Waals surface area contributed by atoms with E-state index in [2.05, 4.69) is 9.55 Å². The first kappa shape index (κ1) is 11.0. The van der Waals surface area contributed by atoms with Crippen molar-refractivity contribution in [2.24, 2.45) is 5.92 Å². The van der Waals surface area contributed by atoms with Gasteiger partial charge >= 0.3 is 0 Å². The summed E-state index contributed by atoms with van der Waals surface area (Å²) in [6.45, 7) is 6.77. The van der Waals surface area contributed by atoms with Gasteiger partial charge in [0.2, 0.25) is 0 Å². The quantitative estimate of drug-likeness (QED) is 0.720. The maximum absolute atomic E-state index is 11.3. The molecule has 0 aliphatic rings. The van der Waals surface area contributed by atoms with Crippen molar-refractivity contribution in [3.8, 4) is 0 Å². The van der Waals surface area contributed by atoms with Gasteiger partial charge in [0.15, 0.2) is 0 Å². The molecule has 0 aliphatic carbocycles. The Balaban J connectivity index is 2.29. The molecule has 14 heavy (non-hydrogen) atoms. The van der Waals surface area contributed by atoms with E-state index in [0.29, 0.717) is 12.2 Å². The van der Waals surface area contributed by atoms with Crippen molar-refractivity contribution in [2.45, 2.75) is 40.2 Å². The second-order valence-electron chi connectivity index (χ2n) is 3.89. The van der Waals surface area contributed by atoms with Gasteiger partial charge in [-0.2, -0.15) is 0 Å². The van der Waals surface area contributed by atoms with E-state index in [0.717, 1.165) is 18.8 Å². The lowest BCUT2D eigenvalue weighted by atomic mass is 10.0. The van der Waals surface area contributed by atoms with Gasteiger partial charge in [-0.3, -0.25) is 4.79 Å². The van der Waals surface area contributed by atoms with E-state index >= 15 is 0 Å².